The lowest BCUT2D eigenvalue weighted by Gasteiger charge is -2.06. The van der Waals surface area contributed by atoms with Gasteiger partial charge >= 0.3 is 5.97 Å². The molecule has 3 rings (SSSR count). The number of terminal acetylenes is 1. The Labute approximate surface area is 258 Å². The van der Waals surface area contributed by atoms with Crippen LogP contribution >= 0.6 is 0 Å². The van der Waals surface area contributed by atoms with Crippen LogP contribution in [0.4, 0.5) is 0 Å². The molecule has 0 bridgehead atoms. The van der Waals surface area contributed by atoms with Gasteiger partial charge in [-0.3, -0.25) is 0 Å². The Morgan fingerprint density at radius 2 is 1.51 bits per heavy atom. The molecule has 0 saturated heterocycles. The molecule has 3 aromatic carbocycles. The van der Waals surface area contributed by atoms with Crippen LogP contribution in [0, 0.1) is 37.0 Å². The number of benzene rings is 3. The fraction of sp³-hybridized carbons (Fsp3) is 0.316. The van der Waals surface area contributed by atoms with Gasteiger partial charge in [0.15, 0.2) is 0 Å². The van der Waals surface area contributed by atoms with Gasteiger partial charge in [-0.05, 0) is 93.5 Å². The number of carbonyl (C=O) groups excluding carboxylic acids is 1. The van der Waals surface area contributed by atoms with Gasteiger partial charge in [0.05, 0.1) is 20.3 Å². The molecule has 0 fully saturated rings. The number of ether oxygens (including phenoxy) is 3. The zero-order valence-corrected chi connectivity index (χ0v) is 25.9. The van der Waals surface area contributed by atoms with Crippen molar-refractivity contribution in [3.63, 3.8) is 0 Å². The van der Waals surface area contributed by atoms with Crippen molar-refractivity contribution in [1.29, 1.82) is 5.41 Å². The van der Waals surface area contributed by atoms with E-state index in [1.165, 1.54) is 36.3 Å². The van der Waals surface area contributed by atoms with E-state index in [0.29, 0.717) is 12.4 Å². The second kappa shape index (κ2) is 22.9. The number of esters is 1. The van der Waals surface area contributed by atoms with Crippen molar-refractivity contribution in [1.82, 2.24) is 0 Å². The van der Waals surface area contributed by atoms with E-state index in [2.05, 4.69) is 69.4 Å². The SMILES string of the molecule is C#C.C=CC(=O)OCCCCCCOc1ccc(C)cc1.CCCCc1ccc(C#Cc2ccc(OC)c(C=N)c2)cc1. The smallest absolute Gasteiger partial charge is 0.330 e. The Hall–Kier alpha value is -4.74. The van der Waals surface area contributed by atoms with Crippen molar-refractivity contribution in [3.8, 4) is 36.2 Å². The Bertz CT molecular complexity index is 1310. The summed E-state index contributed by atoms with van der Waals surface area (Å²) in [5, 5.41) is 7.41. The molecule has 0 amide bonds. The van der Waals surface area contributed by atoms with E-state index in [1.807, 2.05) is 42.5 Å². The standard InChI is InChI=1S/C20H21NO.C16H22O3.C2H2/c1-3-4-5-16-6-8-17(9-7-16)10-11-18-12-13-20(22-2)19(14-18)15-21;1-3-16(17)19-13-7-5-4-6-12-18-15-10-8-14(2)9-11-15;1-2/h6-9,12-15,21H,3-5H2,1-2H3;3,8-11H,1,4-7,12-13H2,2H3;1-2H. The van der Waals surface area contributed by atoms with E-state index in [1.54, 1.807) is 7.11 Å². The number of methoxy groups -OCH3 is 1. The molecule has 0 aliphatic rings. The van der Waals surface area contributed by atoms with E-state index < -0.39 is 0 Å². The summed E-state index contributed by atoms with van der Waals surface area (Å²) >= 11 is 0. The van der Waals surface area contributed by atoms with Crippen LogP contribution in [0.5, 0.6) is 11.5 Å². The summed E-state index contributed by atoms with van der Waals surface area (Å²) in [4.78, 5) is 10.8. The van der Waals surface area contributed by atoms with Crippen molar-refractivity contribution in [2.75, 3.05) is 20.3 Å². The molecule has 43 heavy (non-hydrogen) atoms. The first kappa shape index (κ1) is 36.3. The van der Waals surface area contributed by atoms with Crippen molar-refractivity contribution in [2.45, 2.75) is 58.8 Å². The van der Waals surface area contributed by atoms with E-state index in [4.69, 9.17) is 19.6 Å². The molecule has 1 N–H and O–H groups in total. The van der Waals surface area contributed by atoms with Gasteiger partial charge in [0.25, 0.3) is 0 Å². The topological polar surface area (TPSA) is 68.6 Å². The lowest BCUT2D eigenvalue weighted by atomic mass is 10.1. The predicted octanol–water partition coefficient (Wildman–Crippen LogP) is 8.35. The highest BCUT2D eigenvalue weighted by Gasteiger charge is 2.00. The number of aryl methyl sites for hydroxylation is 2. The summed E-state index contributed by atoms with van der Waals surface area (Å²) in [6, 6.07) is 22.1. The normalized spacial score (nSPS) is 9.42. The highest BCUT2D eigenvalue weighted by Crippen LogP contribution is 2.17. The maximum atomic E-state index is 10.8. The predicted molar refractivity (Wildman–Crippen MR) is 178 cm³/mol. The zero-order valence-electron chi connectivity index (χ0n) is 25.9. The van der Waals surface area contributed by atoms with Crippen LogP contribution in [-0.2, 0) is 16.0 Å². The number of hydrogen-bond donors (Lipinski definition) is 1. The molecule has 0 radical (unpaired) electrons. The van der Waals surface area contributed by atoms with E-state index in [-0.39, 0.29) is 5.97 Å². The van der Waals surface area contributed by atoms with Crippen molar-refractivity contribution >= 4 is 12.2 Å². The van der Waals surface area contributed by atoms with Crippen LogP contribution in [0.1, 0.15) is 73.3 Å². The average molecular weight is 580 g/mol. The van der Waals surface area contributed by atoms with Crippen molar-refractivity contribution in [2.24, 2.45) is 0 Å². The van der Waals surface area contributed by atoms with Gasteiger partial charge in [-0.15, -0.1) is 12.8 Å². The van der Waals surface area contributed by atoms with Gasteiger partial charge in [0, 0.05) is 29.0 Å². The second-order valence-electron chi connectivity index (χ2n) is 9.60. The van der Waals surface area contributed by atoms with Crippen LogP contribution in [0.25, 0.3) is 0 Å². The molecule has 0 atom stereocenters. The first-order valence-corrected chi connectivity index (χ1v) is 14.6. The molecule has 0 spiro atoms. The lowest BCUT2D eigenvalue weighted by molar-refractivity contribution is -0.137. The van der Waals surface area contributed by atoms with Gasteiger partial charge in [0.2, 0.25) is 0 Å². The summed E-state index contributed by atoms with van der Waals surface area (Å²) < 4.78 is 15.7. The molecule has 0 unspecified atom stereocenters. The van der Waals surface area contributed by atoms with Crippen molar-refractivity contribution < 1.29 is 19.0 Å². The Morgan fingerprint density at radius 3 is 2.12 bits per heavy atom. The zero-order chi connectivity index (χ0) is 31.7. The van der Waals surface area contributed by atoms with Gasteiger partial charge in [-0.2, -0.15) is 0 Å². The van der Waals surface area contributed by atoms with Crippen LogP contribution in [-0.4, -0.2) is 32.5 Å². The first-order valence-electron chi connectivity index (χ1n) is 14.6. The highest BCUT2D eigenvalue weighted by molar-refractivity contribution is 5.82. The Morgan fingerprint density at radius 1 is 0.884 bits per heavy atom. The molecule has 226 valence electrons. The van der Waals surface area contributed by atoms with Gasteiger partial charge in [-0.1, -0.05) is 61.6 Å². The Kier molecular flexibility index (Phi) is 19.3. The molecular weight excluding hydrogens is 534 g/mol. The summed E-state index contributed by atoms with van der Waals surface area (Å²) in [6.45, 7) is 8.81. The third kappa shape index (κ3) is 15.7. The summed E-state index contributed by atoms with van der Waals surface area (Å²) in [6.07, 6.45) is 18.1. The molecular formula is C38H45NO4. The van der Waals surface area contributed by atoms with E-state index >= 15 is 0 Å². The maximum absolute atomic E-state index is 10.8. The van der Waals surface area contributed by atoms with Crippen LogP contribution < -0.4 is 9.47 Å². The minimum Gasteiger partial charge on any atom is -0.496 e. The number of hydrogen-bond acceptors (Lipinski definition) is 5. The summed E-state index contributed by atoms with van der Waals surface area (Å²) in [5.74, 6) is 7.58. The van der Waals surface area contributed by atoms with Gasteiger partial charge in [0.1, 0.15) is 11.5 Å². The molecule has 5 nitrogen and oxygen atoms in total. The van der Waals surface area contributed by atoms with E-state index in [9.17, 15) is 4.79 Å². The first-order chi connectivity index (χ1) is 21.0. The minimum absolute atomic E-state index is 0.345. The Balaban J connectivity index is 0.000000411. The van der Waals surface area contributed by atoms with Crippen LogP contribution in [0.3, 0.4) is 0 Å². The lowest BCUT2D eigenvalue weighted by Crippen LogP contribution is -2.02. The molecule has 3 aromatic rings. The minimum atomic E-state index is -0.345. The number of rotatable bonds is 14. The quantitative estimate of drug-likeness (QED) is 0.0685. The second-order valence-corrected chi connectivity index (χ2v) is 9.60. The largest absolute Gasteiger partial charge is 0.496 e. The van der Waals surface area contributed by atoms with Gasteiger partial charge < -0.3 is 19.6 Å². The van der Waals surface area contributed by atoms with Gasteiger partial charge in [-0.25, -0.2) is 4.79 Å². The fourth-order valence-electron chi connectivity index (χ4n) is 3.82. The molecule has 0 saturated carbocycles. The van der Waals surface area contributed by atoms with E-state index in [0.717, 1.165) is 61.2 Å². The average Bonchev–Trinajstić information content (AvgIpc) is 3.06. The molecule has 0 aliphatic carbocycles. The van der Waals surface area contributed by atoms with Crippen LogP contribution in [0.15, 0.2) is 79.4 Å². The number of carbonyl (C=O) groups is 1. The number of nitrogens with one attached hydrogen (secondary N) is 1. The molecule has 0 aliphatic heterocycles. The van der Waals surface area contributed by atoms with Crippen LogP contribution in [0.2, 0.25) is 0 Å². The molecule has 0 aromatic heterocycles. The maximum Gasteiger partial charge on any atom is 0.330 e. The summed E-state index contributed by atoms with van der Waals surface area (Å²) in [5.41, 5.74) is 5.23. The molecule has 5 heteroatoms. The highest BCUT2D eigenvalue weighted by atomic mass is 16.5. The summed E-state index contributed by atoms with van der Waals surface area (Å²) in [7, 11) is 1.60. The third-order valence-corrected chi connectivity index (χ3v) is 6.25. The fourth-order valence-corrected chi connectivity index (χ4v) is 3.82. The third-order valence-electron chi connectivity index (χ3n) is 6.25. The molecule has 0 heterocycles. The monoisotopic (exact) mass is 579 g/mol. The van der Waals surface area contributed by atoms with Crippen molar-refractivity contribution in [3.05, 3.63) is 107 Å². The number of unbranched alkanes of at least 4 members (excludes halogenated alkanes) is 4.